The van der Waals surface area contributed by atoms with Crippen LogP contribution in [0.25, 0.3) is 0 Å². The molecule has 0 aromatic heterocycles. The predicted octanol–water partition coefficient (Wildman–Crippen LogP) is 3.98. The molecule has 6 nitrogen and oxygen atoms in total. The normalized spacial score (nSPS) is 17.1. The first-order valence-corrected chi connectivity index (χ1v) is 9.83. The van der Waals surface area contributed by atoms with Gasteiger partial charge in [0.15, 0.2) is 0 Å². The van der Waals surface area contributed by atoms with Gasteiger partial charge in [0.25, 0.3) is 0 Å². The van der Waals surface area contributed by atoms with Crippen molar-refractivity contribution >= 4 is 29.2 Å². The van der Waals surface area contributed by atoms with Crippen molar-refractivity contribution in [2.24, 2.45) is 5.92 Å². The van der Waals surface area contributed by atoms with Gasteiger partial charge in [-0.1, -0.05) is 32.0 Å². The largest absolute Gasteiger partial charge is 0.465 e. The Morgan fingerprint density at radius 1 is 1.17 bits per heavy atom. The molecule has 29 heavy (non-hydrogen) atoms. The second kappa shape index (κ2) is 8.90. The van der Waals surface area contributed by atoms with Crippen molar-refractivity contribution in [1.82, 2.24) is 0 Å². The number of carbonyl (C=O) groups is 3. The van der Waals surface area contributed by atoms with E-state index in [0.717, 1.165) is 17.7 Å². The molecule has 6 heteroatoms. The summed E-state index contributed by atoms with van der Waals surface area (Å²) in [6.45, 7) is 4.62. The summed E-state index contributed by atoms with van der Waals surface area (Å²) in [6, 6.07) is 14.4. The number of benzene rings is 2. The van der Waals surface area contributed by atoms with Gasteiger partial charge in [0.05, 0.1) is 18.6 Å². The summed E-state index contributed by atoms with van der Waals surface area (Å²) < 4.78 is 4.67. The molecule has 1 saturated heterocycles. The van der Waals surface area contributed by atoms with Crippen molar-refractivity contribution in [1.29, 1.82) is 0 Å². The molecular weight excluding hydrogens is 368 g/mol. The third-order valence-corrected chi connectivity index (χ3v) is 5.44. The number of ether oxygens (including phenoxy) is 1. The Bertz CT molecular complexity index is 907. The standard InChI is InChI=1S/C23H26N2O4/c1-4-15(2)19-7-5-6-8-20(19)25-14-17(13-21(25)26)22(27)24-18-11-9-16(10-12-18)23(28)29-3/h5-12,15,17H,4,13-14H2,1-3H3,(H,24,27)/t15-,17+/m1/s1. The molecule has 1 aliphatic rings. The number of hydrogen-bond donors (Lipinski definition) is 1. The van der Waals surface area contributed by atoms with Gasteiger partial charge in [-0.15, -0.1) is 0 Å². The molecule has 3 rings (SSSR count). The van der Waals surface area contributed by atoms with Gasteiger partial charge in [-0.2, -0.15) is 0 Å². The summed E-state index contributed by atoms with van der Waals surface area (Å²) in [4.78, 5) is 38.6. The monoisotopic (exact) mass is 394 g/mol. The van der Waals surface area contributed by atoms with Crippen molar-refractivity contribution in [3.63, 3.8) is 0 Å². The lowest BCUT2D eigenvalue weighted by molar-refractivity contribution is -0.122. The van der Waals surface area contributed by atoms with Crippen LogP contribution < -0.4 is 10.2 Å². The highest BCUT2D eigenvalue weighted by Gasteiger charge is 2.36. The minimum absolute atomic E-state index is 0.0399. The van der Waals surface area contributed by atoms with Gasteiger partial charge < -0.3 is 15.0 Å². The summed E-state index contributed by atoms with van der Waals surface area (Å²) in [5.41, 5.74) is 3.01. The van der Waals surface area contributed by atoms with Gasteiger partial charge >= 0.3 is 5.97 Å². The van der Waals surface area contributed by atoms with E-state index in [1.165, 1.54) is 7.11 Å². The van der Waals surface area contributed by atoms with Gasteiger partial charge in [-0.05, 0) is 48.2 Å². The number of para-hydroxylation sites is 1. The Morgan fingerprint density at radius 3 is 2.52 bits per heavy atom. The zero-order chi connectivity index (χ0) is 21.0. The molecule has 1 N–H and O–H groups in total. The topological polar surface area (TPSA) is 75.7 Å². The molecular formula is C23H26N2O4. The van der Waals surface area contributed by atoms with Crippen LogP contribution in [-0.2, 0) is 14.3 Å². The number of hydrogen-bond acceptors (Lipinski definition) is 4. The molecule has 0 bridgehead atoms. The third-order valence-electron chi connectivity index (χ3n) is 5.44. The maximum atomic E-state index is 12.7. The van der Waals surface area contributed by atoms with Crippen LogP contribution in [0, 0.1) is 5.92 Å². The first-order chi connectivity index (χ1) is 13.9. The van der Waals surface area contributed by atoms with E-state index in [0.29, 0.717) is 23.7 Å². The number of amides is 2. The molecule has 0 spiro atoms. The van der Waals surface area contributed by atoms with Crippen LogP contribution in [0.15, 0.2) is 48.5 Å². The number of anilines is 2. The molecule has 0 unspecified atom stereocenters. The fourth-order valence-corrected chi connectivity index (χ4v) is 3.54. The Hall–Kier alpha value is -3.15. The number of nitrogens with zero attached hydrogens (tertiary/aromatic N) is 1. The van der Waals surface area contributed by atoms with Gasteiger partial charge in [-0.25, -0.2) is 4.79 Å². The fourth-order valence-electron chi connectivity index (χ4n) is 3.54. The molecule has 1 aliphatic heterocycles. The molecule has 152 valence electrons. The maximum absolute atomic E-state index is 12.7. The second-order valence-electron chi connectivity index (χ2n) is 7.33. The van der Waals surface area contributed by atoms with E-state index in [4.69, 9.17) is 0 Å². The van der Waals surface area contributed by atoms with Crippen molar-refractivity contribution in [2.75, 3.05) is 23.9 Å². The first kappa shape index (κ1) is 20.6. The Kier molecular flexibility index (Phi) is 6.32. The second-order valence-corrected chi connectivity index (χ2v) is 7.33. The number of methoxy groups -OCH3 is 1. The van der Waals surface area contributed by atoms with E-state index >= 15 is 0 Å². The number of carbonyl (C=O) groups excluding carboxylic acids is 3. The van der Waals surface area contributed by atoms with Crippen LogP contribution in [0.2, 0.25) is 0 Å². The van der Waals surface area contributed by atoms with E-state index in [1.54, 1.807) is 29.2 Å². The van der Waals surface area contributed by atoms with E-state index < -0.39 is 11.9 Å². The quantitative estimate of drug-likeness (QED) is 0.752. The Morgan fingerprint density at radius 2 is 1.86 bits per heavy atom. The van der Waals surface area contributed by atoms with Gasteiger partial charge in [0.1, 0.15) is 0 Å². The summed E-state index contributed by atoms with van der Waals surface area (Å²) >= 11 is 0. The Labute approximate surface area is 170 Å². The highest BCUT2D eigenvalue weighted by Crippen LogP contribution is 2.33. The van der Waals surface area contributed by atoms with E-state index in [1.807, 2.05) is 24.3 Å². The van der Waals surface area contributed by atoms with E-state index in [9.17, 15) is 14.4 Å². The molecule has 2 atom stereocenters. The van der Waals surface area contributed by atoms with E-state index in [-0.39, 0.29) is 18.2 Å². The van der Waals surface area contributed by atoms with Crippen molar-refractivity contribution in [3.05, 3.63) is 59.7 Å². The summed E-state index contributed by atoms with van der Waals surface area (Å²) in [5.74, 6) is -0.762. The number of esters is 1. The average molecular weight is 394 g/mol. The summed E-state index contributed by atoms with van der Waals surface area (Å²) in [7, 11) is 1.32. The van der Waals surface area contributed by atoms with E-state index in [2.05, 4.69) is 23.9 Å². The summed E-state index contributed by atoms with van der Waals surface area (Å²) in [6.07, 6.45) is 1.16. The van der Waals surface area contributed by atoms with Crippen LogP contribution in [0.4, 0.5) is 11.4 Å². The molecule has 0 aliphatic carbocycles. The highest BCUT2D eigenvalue weighted by molar-refractivity contribution is 6.04. The van der Waals surface area contributed by atoms with Crippen molar-refractivity contribution in [3.8, 4) is 0 Å². The zero-order valence-electron chi connectivity index (χ0n) is 17.0. The maximum Gasteiger partial charge on any atom is 0.337 e. The average Bonchev–Trinajstić information content (AvgIpc) is 3.14. The fraction of sp³-hybridized carbons (Fsp3) is 0.348. The smallest absolute Gasteiger partial charge is 0.337 e. The molecule has 0 saturated carbocycles. The minimum Gasteiger partial charge on any atom is -0.465 e. The molecule has 2 aromatic carbocycles. The van der Waals surface area contributed by atoms with Crippen LogP contribution >= 0.6 is 0 Å². The van der Waals surface area contributed by atoms with Crippen LogP contribution in [0.3, 0.4) is 0 Å². The van der Waals surface area contributed by atoms with Gasteiger partial charge in [0.2, 0.25) is 11.8 Å². The first-order valence-electron chi connectivity index (χ1n) is 9.83. The minimum atomic E-state index is -0.431. The van der Waals surface area contributed by atoms with Crippen LogP contribution in [0.5, 0.6) is 0 Å². The molecule has 2 amide bonds. The van der Waals surface area contributed by atoms with Crippen LogP contribution in [-0.4, -0.2) is 31.4 Å². The van der Waals surface area contributed by atoms with Gasteiger partial charge in [-0.3, -0.25) is 9.59 Å². The zero-order valence-corrected chi connectivity index (χ0v) is 17.0. The van der Waals surface area contributed by atoms with Crippen molar-refractivity contribution < 1.29 is 19.1 Å². The molecule has 1 heterocycles. The molecule has 2 aromatic rings. The van der Waals surface area contributed by atoms with Crippen molar-refractivity contribution in [2.45, 2.75) is 32.6 Å². The lowest BCUT2D eigenvalue weighted by Gasteiger charge is -2.23. The van der Waals surface area contributed by atoms with Crippen LogP contribution in [0.1, 0.15) is 48.5 Å². The highest BCUT2D eigenvalue weighted by atomic mass is 16.5. The predicted molar refractivity (Wildman–Crippen MR) is 112 cm³/mol. The summed E-state index contributed by atoms with van der Waals surface area (Å²) in [5, 5.41) is 2.84. The lowest BCUT2D eigenvalue weighted by Crippen LogP contribution is -2.29. The Balaban J connectivity index is 1.70. The number of nitrogens with one attached hydrogen (secondary N) is 1. The lowest BCUT2D eigenvalue weighted by atomic mass is 9.96. The van der Waals surface area contributed by atoms with Gasteiger partial charge in [0, 0.05) is 24.3 Å². The molecule has 0 radical (unpaired) electrons. The number of rotatable bonds is 6. The molecule has 1 fully saturated rings. The third kappa shape index (κ3) is 4.47. The SMILES string of the molecule is CC[C@@H](C)c1ccccc1N1C[C@@H](C(=O)Nc2ccc(C(=O)OC)cc2)CC1=O.